The maximum atomic E-state index is 7.88. The molecule has 0 bridgehead atoms. The molecule has 2 heteroatoms. The van der Waals surface area contributed by atoms with Crippen LogP contribution in [-0.2, 0) is 5.75 Å². The van der Waals surface area contributed by atoms with Gasteiger partial charge < -0.3 is 0 Å². The molecule has 1 aliphatic rings. The molecule has 0 unspecified atom stereocenters. The fourth-order valence-corrected chi connectivity index (χ4v) is 2.93. The maximum Gasteiger partial charge on any atom is 0.0675 e. The summed E-state index contributed by atoms with van der Waals surface area (Å²) in [5.41, 5.74) is 1.32. The van der Waals surface area contributed by atoms with E-state index in [0.717, 1.165) is 10.8 Å². The third-order valence-corrected chi connectivity index (χ3v) is 4.28. The van der Waals surface area contributed by atoms with Crippen molar-refractivity contribution in [3.05, 3.63) is 48.0 Å². The minimum Gasteiger partial charge on any atom is -0.298 e. The largest absolute Gasteiger partial charge is 0.298 e. The lowest BCUT2D eigenvalue weighted by molar-refractivity contribution is 1.20. The Kier molecular flexibility index (Phi) is 2.89. The zero-order chi connectivity index (χ0) is 11.7. The van der Waals surface area contributed by atoms with Crippen molar-refractivity contribution in [2.75, 3.05) is 0 Å². The summed E-state index contributed by atoms with van der Waals surface area (Å²) in [6.45, 7) is 0. The molecule has 1 N–H and O–H groups in total. The quantitative estimate of drug-likeness (QED) is 0.622. The Morgan fingerprint density at radius 3 is 2.65 bits per heavy atom. The van der Waals surface area contributed by atoms with Crippen molar-refractivity contribution < 1.29 is 0 Å². The normalized spacial score (nSPS) is 15.1. The molecular weight excluding hydrogens is 226 g/mol. The molecular formula is C15H15NS. The molecule has 1 nitrogen and oxygen atoms in total. The number of fused-ring (bicyclic) bond motifs is 1. The van der Waals surface area contributed by atoms with Gasteiger partial charge in [-0.25, -0.2) is 0 Å². The second kappa shape index (κ2) is 4.53. The van der Waals surface area contributed by atoms with Gasteiger partial charge in [-0.3, -0.25) is 5.41 Å². The summed E-state index contributed by atoms with van der Waals surface area (Å²) < 4.78 is 0. The molecule has 0 aliphatic heterocycles. The lowest BCUT2D eigenvalue weighted by Gasteiger charge is -2.04. The van der Waals surface area contributed by atoms with Gasteiger partial charge in [0.05, 0.1) is 5.04 Å². The first-order chi connectivity index (χ1) is 8.33. The molecule has 3 rings (SSSR count). The molecule has 0 heterocycles. The Morgan fingerprint density at radius 1 is 1.12 bits per heavy atom. The van der Waals surface area contributed by atoms with E-state index in [1.807, 2.05) is 0 Å². The maximum absolute atomic E-state index is 7.88. The molecule has 2 aromatic carbocycles. The Morgan fingerprint density at radius 2 is 1.88 bits per heavy atom. The molecule has 0 amide bonds. The molecule has 1 saturated carbocycles. The number of nitrogens with one attached hydrogen (secondary N) is 1. The van der Waals surface area contributed by atoms with Gasteiger partial charge in [0, 0.05) is 11.7 Å². The number of hydrogen-bond donors (Lipinski definition) is 1. The Balaban J connectivity index is 1.74. The SMILES string of the molecule is N=C(SCc1ccc2ccccc2c1)C1CC1. The Labute approximate surface area is 106 Å². The van der Waals surface area contributed by atoms with Crippen molar-refractivity contribution in [3.8, 4) is 0 Å². The molecule has 2 aromatic rings. The highest BCUT2D eigenvalue weighted by Crippen LogP contribution is 2.35. The third-order valence-electron chi connectivity index (χ3n) is 3.16. The highest BCUT2D eigenvalue weighted by molar-refractivity contribution is 8.13. The molecule has 1 aliphatic carbocycles. The molecule has 17 heavy (non-hydrogen) atoms. The summed E-state index contributed by atoms with van der Waals surface area (Å²) in [5, 5.41) is 11.3. The first-order valence-corrected chi connectivity index (χ1v) is 7.00. The number of benzene rings is 2. The van der Waals surface area contributed by atoms with Gasteiger partial charge in [0.15, 0.2) is 0 Å². The topological polar surface area (TPSA) is 23.9 Å². The number of hydrogen-bond acceptors (Lipinski definition) is 2. The summed E-state index contributed by atoms with van der Waals surface area (Å²) in [4.78, 5) is 0. The van der Waals surface area contributed by atoms with Gasteiger partial charge in [0.1, 0.15) is 0 Å². The molecule has 1 fully saturated rings. The Hall–Kier alpha value is -1.28. The van der Waals surface area contributed by atoms with Crippen LogP contribution in [0.15, 0.2) is 42.5 Å². The second-order valence-corrected chi connectivity index (χ2v) is 5.63. The standard InChI is InChI=1S/C15H15NS/c16-15(13-7-8-13)17-10-11-5-6-12-3-1-2-4-14(12)9-11/h1-6,9,13,16H,7-8,10H2. The van der Waals surface area contributed by atoms with Gasteiger partial charge in [-0.05, 0) is 29.2 Å². The van der Waals surface area contributed by atoms with Crippen molar-refractivity contribution in [1.29, 1.82) is 5.41 Å². The van der Waals surface area contributed by atoms with E-state index in [-0.39, 0.29) is 0 Å². The number of rotatable bonds is 3. The van der Waals surface area contributed by atoms with E-state index < -0.39 is 0 Å². The first-order valence-electron chi connectivity index (χ1n) is 6.02. The van der Waals surface area contributed by atoms with Crippen molar-refractivity contribution in [1.82, 2.24) is 0 Å². The average molecular weight is 241 g/mol. The van der Waals surface area contributed by atoms with Gasteiger partial charge in [-0.15, -0.1) is 11.8 Å². The lowest BCUT2D eigenvalue weighted by atomic mass is 10.1. The van der Waals surface area contributed by atoms with Gasteiger partial charge in [0.2, 0.25) is 0 Å². The highest BCUT2D eigenvalue weighted by Gasteiger charge is 2.26. The van der Waals surface area contributed by atoms with E-state index in [1.165, 1.54) is 29.2 Å². The minimum atomic E-state index is 0.584. The van der Waals surface area contributed by atoms with Crippen LogP contribution in [0.25, 0.3) is 10.8 Å². The van der Waals surface area contributed by atoms with Crippen molar-refractivity contribution in [2.45, 2.75) is 18.6 Å². The number of thioether (sulfide) groups is 1. The summed E-state index contributed by atoms with van der Waals surface area (Å²) in [7, 11) is 0. The lowest BCUT2D eigenvalue weighted by Crippen LogP contribution is -1.93. The van der Waals surface area contributed by atoms with E-state index in [9.17, 15) is 0 Å². The van der Waals surface area contributed by atoms with Crippen LogP contribution in [-0.4, -0.2) is 5.04 Å². The monoisotopic (exact) mass is 241 g/mol. The zero-order valence-electron chi connectivity index (χ0n) is 9.65. The summed E-state index contributed by atoms with van der Waals surface area (Å²) in [5.74, 6) is 1.51. The van der Waals surface area contributed by atoms with E-state index in [2.05, 4.69) is 42.5 Å². The summed E-state index contributed by atoms with van der Waals surface area (Å²) >= 11 is 1.69. The van der Waals surface area contributed by atoms with Crippen LogP contribution in [0.3, 0.4) is 0 Å². The van der Waals surface area contributed by atoms with E-state index >= 15 is 0 Å². The zero-order valence-corrected chi connectivity index (χ0v) is 10.5. The second-order valence-electron chi connectivity index (χ2n) is 4.61. The van der Waals surface area contributed by atoms with Crippen LogP contribution in [0.4, 0.5) is 0 Å². The third kappa shape index (κ3) is 2.52. The van der Waals surface area contributed by atoms with Gasteiger partial charge in [0.25, 0.3) is 0 Å². The van der Waals surface area contributed by atoms with E-state index in [0.29, 0.717) is 5.92 Å². The molecule has 0 spiro atoms. The predicted molar refractivity (Wildman–Crippen MR) is 75.7 cm³/mol. The van der Waals surface area contributed by atoms with Gasteiger partial charge in [-0.2, -0.15) is 0 Å². The molecule has 0 radical (unpaired) electrons. The molecule has 0 saturated heterocycles. The minimum absolute atomic E-state index is 0.584. The van der Waals surface area contributed by atoms with Crippen LogP contribution >= 0.6 is 11.8 Å². The van der Waals surface area contributed by atoms with E-state index in [1.54, 1.807) is 11.8 Å². The van der Waals surface area contributed by atoms with Crippen LogP contribution in [0.1, 0.15) is 18.4 Å². The molecule has 0 atom stereocenters. The van der Waals surface area contributed by atoms with Crippen molar-refractivity contribution >= 4 is 27.6 Å². The Bertz CT molecular complexity index is 558. The van der Waals surface area contributed by atoms with E-state index in [4.69, 9.17) is 5.41 Å². The van der Waals surface area contributed by atoms with Gasteiger partial charge in [-0.1, -0.05) is 42.5 Å². The molecule has 86 valence electrons. The van der Waals surface area contributed by atoms with Crippen molar-refractivity contribution in [2.24, 2.45) is 5.92 Å². The smallest absolute Gasteiger partial charge is 0.0675 e. The van der Waals surface area contributed by atoms with Crippen molar-refractivity contribution in [3.63, 3.8) is 0 Å². The fraction of sp³-hybridized carbons (Fsp3) is 0.267. The highest BCUT2D eigenvalue weighted by atomic mass is 32.2. The van der Waals surface area contributed by atoms with Gasteiger partial charge >= 0.3 is 0 Å². The van der Waals surface area contributed by atoms with Crippen LogP contribution in [0.2, 0.25) is 0 Å². The average Bonchev–Trinajstić information content (AvgIpc) is 3.20. The molecule has 0 aromatic heterocycles. The first kappa shape index (κ1) is 10.8. The fourth-order valence-electron chi connectivity index (χ4n) is 1.95. The van der Waals surface area contributed by atoms with Crippen LogP contribution < -0.4 is 0 Å². The summed E-state index contributed by atoms with van der Waals surface area (Å²) in [6.07, 6.45) is 2.45. The van der Waals surface area contributed by atoms with Crippen LogP contribution in [0.5, 0.6) is 0 Å². The predicted octanol–water partition coefficient (Wildman–Crippen LogP) is 4.46. The summed E-state index contributed by atoms with van der Waals surface area (Å²) in [6, 6.07) is 15.0. The van der Waals surface area contributed by atoms with Crippen LogP contribution in [0, 0.1) is 11.3 Å².